The van der Waals surface area contributed by atoms with Crippen molar-refractivity contribution in [3.63, 3.8) is 0 Å². The summed E-state index contributed by atoms with van der Waals surface area (Å²) in [5.41, 5.74) is 1.14. The standard InChI is InChI=1S/C54H100N2O5/c1-5-9-13-17-19-26-36-50(34-24-15-11-7-3)48-60-53(58)40-30-22-32-42-55(44-45-56(46-47-57)52-38-28-21-29-39-52)43-33-23-31-41-54(59)61-49-51(35-25-16-12-8-4)37-27-20-18-14-10-6-2/h21,28-29,38-39,50-51,57H,5-20,22-27,30-37,40-49H2,1-4H3. The van der Waals surface area contributed by atoms with Gasteiger partial charge < -0.3 is 24.4 Å². The first-order valence-electron chi connectivity index (χ1n) is 26.4. The zero-order chi connectivity index (χ0) is 44.3. The quantitative estimate of drug-likeness (QED) is 0.0517. The average Bonchev–Trinajstić information content (AvgIpc) is 3.27. The molecule has 1 aromatic carbocycles. The molecule has 0 aliphatic heterocycles. The first-order chi connectivity index (χ1) is 30.0. The number of benzene rings is 1. The van der Waals surface area contributed by atoms with E-state index < -0.39 is 0 Å². The number of carbonyl (C=O) groups excluding carboxylic acids is 2. The molecule has 0 bridgehead atoms. The molecule has 0 saturated carbocycles. The van der Waals surface area contributed by atoms with Gasteiger partial charge in [-0.1, -0.05) is 187 Å². The van der Waals surface area contributed by atoms with E-state index in [0.29, 0.717) is 44.4 Å². The lowest BCUT2D eigenvalue weighted by molar-refractivity contribution is -0.146. The van der Waals surface area contributed by atoms with Crippen LogP contribution < -0.4 is 4.90 Å². The molecular weight excluding hydrogens is 757 g/mol. The molecule has 1 aromatic rings. The number of para-hydroxylation sites is 1. The zero-order valence-electron chi connectivity index (χ0n) is 40.8. The van der Waals surface area contributed by atoms with Gasteiger partial charge in [-0.05, 0) is 88.4 Å². The van der Waals surface area contributed by atoms with E-state index in [4.69, 9.17) is 9.47 Å². The fourth-order valence-electron chi connectivity index (χ4n) is 8.62. The highest BCUT2D eigenvalue weighted by molar-refractivity contribution is 5.69. The van der Waals surface area contributed by atoms with E-state index in [0.717, 1.165) is 70.4 Å². The molecule has 1 rings (SSSR count). The third-order valence-corrected chi connectivity index (χ3v) is 12.7. The summed E-state index contributed by atoms with van der Waals surface area (Å²) in [7, 11) is 0. The first kappa shape index (κ1) is 56.9. The Kier molecular flexibility index (Phi) is 40.2. The third kappa shape index (κ3) is 35.0. The highest BCUT2D eigenvalue weighted by Gasteiger charge is 2.15. The maximum atomic E-state index is 12.8. The average molecular weight is 857 g/mol. The van der Waals surface area contributed by atoms with E-state index in [-0.39, 0.29) is 18.5 Å². The first-order valence-corrected chi connectivity index (χ1v) is 26.4. The zero-order valence-corrected chi connectivity index (χ0v) is 40.8. The molecule has 0 radical (unpaired) electrons. The van der Waals surface area contributed by atoms with Gasteiger partial charge in [0.15, 0.2) is 0 Å². The number of unbranched alkanes of at least 4 members (excludes halogenated alkanes) is 20. The summed E-state index contributed by atoms with van der Waals surface area (Å²) in [6.07, 6.45) is 37.5. The van der Waals surface area contributed by atoms with Crippen molar-refractivity contribution in [1.82, 2.24) is 4.90 Å². The minimum atomic E-state index is -0.0281. The number of ether oxygens (including phenoxy) is 2. The number of esters is 2. The van der Waals surface area contributed by atoms with Gasteiger partial charge in [0.2, 0.25) is 0 Å². The molecule has 0 spiro atoms. The Morgan fingerprint density at radius 2 is 0.836 bits per heavy atom. The number of hydrogen-bond donors (Lipinski definition) is 1. The number of aliphatic hydroxyl groups is 1. The van der Waals surface area contributed by atoms with Crippen LogP contribution in [-0.4, -0.2) is 74.5 Å². The van der Waals surface area contributed by atoms with Crippen molar-refractivity contribution in [3.05, 3.63) is 30.3 Å². The van der Waals surface area contributed by atoms with Gasteiger partial charge in [-0.15, -0.1) is 0 Å². The Morgan fingerprint density at radius 1 is 0.459 bits per heavy atom. The molecular formula is C54H100N2O5. The lowest BCUT2D eigenvalue weighted by Gasteiger charge is -2.29. The van der Waals surface area contributed by atoms with E-state index in [1.165, 1.54) is 154 Å². The molecule has 2 atom stereocenters. The van der Waals surface area contributed by atoms with E-state index in [1.54, 1.807) is 0 Å². The monoisotopic (exact) mass is 857 g/mol. The topological polar surface area (TPSA) is 79.3 Å². The van der Waals surface area contributed by atoms with Crippen LogP contribution in [0.3, 0.4) is 0 Å². The number of carbonyl (C=O) groups is 2. The van der Waals surface area contributed by atoms with Gasteiger partial charge in [0, 0.05) is 38.2 Å². The Balaban J connectivity index is 2.56. The maximum absolute atomic E-state index is 12.8. The summed E-state index contributed by atoms with van der Waals surface area (Å²) in [6, 6.07) is 10.4. The molecule has 0 amide bonds. The van der Waals surface area contributed by atoms with Crippen molar-refractivity contribution < 1.29 is 24.2 Å². The molecule has 0 saturated heterocycles. The Hall–Kier alpha value is -2.12. The van der Waals surface area contributed by atoms with Gasteiger partial charge in [-0.2, -0.15) is 0 Å². The molecule has 2 unspecified atom stereocenters. The number of hydrogen-bond acceptors (Lipinski definition) is 7. The van der Waals surface area contributed by atoms with Crippen LogP contribution in [0, 0.1) is 11.8 Å². The number of nitrogens with zero attached hydrogens (tertiary/aromatic N) is 2. The normalized spacial score (nSPS) is 12.5. The van der Waals surface area contributed by atoms with Crippen LogP contribution >= 0.6 is 0 Å². The summed E-state index contributed by atoms with van der Waals surface area (Å²) in [5.74, 6) is 0.952. The number of aliphatic hydroxyl groups excluding tert-OH is 1. The summed E-state index contributed by atoms with van der Waals surface area (Å²) in [5, 5.41) is 9.82. The summed E-state index contributed by atoms with van der Waals surface area (Å²) in [6.45, 7) is 14.7. The molecule has 7 nitrogen and oxygen atoms in total. The minimum Gasteiger partial charge on any atom is -0.465 e. The van der Waals surface area contributed by atoms with Crippen LogP contribution in [0.1, 0.15) is 233 Å². The van der Waals surface area contributed by atoms with Crippen molar-refractivity contribution >= 4 is 17.6 Å². The molecule has 0 aliphatic carbocycles. The van der Waals surface area contributed by atoms with Crippen LogP contribution in [0.15, 0.2) is 30.3 Å². The van der Waals surface area contributed by atoms with Gasteiger partial charge in [-0.3, -0.25) is 9.59 Å². The third-order valence-electron chi connectivity index (χ3n) is 12.7. The second-order valence-corrected chi connectivity index (χ2v) is 18.4. The molecule has 7 heteroatoms. The SMILES string of the molecule is CCCCCCCCC(CCCCCC)COC(=O)CCCCCN(CCCCCC(=O)OCC(CCCCCC)CCCCCCCC)CCN(CCO)c1ccccc1. The summed E-state index contributed by atoms with van der Waals surface area (Å²) >= 11 is 0. The predicted molar refractivity (Wildman–Crippen MR) is 262 cm³/mol. The van der Waals surface area contributed by atoms with E-state index >= 15 is 0 Å². The van der Waals surface area contributed by atoms with Crippen molar-refractivity contribution in [3.8, 4) is 0 Å². The lowest BCUT2D eigenvalue weighted by Crippen LogP contribution is -2.37. The van der Waals surface area contributed by atoms with Crippen molar-refractivity contribution in [1.29, 1.82) is 0 Å². The minimum absolute atomic E-state index is 0.0281. The van der Waals surface area contributed by atoms with Crippen LogP contribution in [0.4, 0.5) is 5.69 Å². The lowest BCUT2D eigenvalue weighted by atomic mass is 9.95. The molecule has 0 aliphatic rings. The van der Waals surface area contributed by atoms with Crippen LogP contribution in [-0.2, 0) is 19.1 Å². The van der Waals surface area contributed by atoms with Gasteiger partial charge in [0.05, 0.1) is 19.8 Å². The highest BCUT2D eigenvalue weighted by atomic mass is 16.5. The van der Waals surface area contributed by atoms with Crippen LogP contribution in [0.25, 0.3) is 0 Å². The van der Waals surface area contributed by atoms with Gasteiger partial charge in [0.25, 0.3) is 0 Å². The molecule has 61 heavy (non-hydrogen) atoms. The number of anilines is 1. The van der Waals surface area contributed by atoms with Crippen molar-refractivity contribution in [2.24, 2.45) is 11.8 Å². The van der Waals surface area contributed by atoms with Crippen molar-refractivity contribution in [2.75, 3.05) is 57.4 Å². The van der Waals surface area contributed by atoms with Gasteiger partial charge in [-0.25, -0.2) is 0 Å². The fourth-order valence-corrected chi connectivity index (χ4v) is 8.62. The predicted octanol–water partition coefficient (Wildman–Crippen LogP) is 14.7. The van der Waals surface area contributed by atoms with E-state index in [2.05, 4.69) is 61.8 Å². The smallest absolute Gasteiger partial charge is 0.305 e. The molecule has 0 fully saturated rings. The van der Waals surface area contributed by atoms with Crippen LogP contribution in [0.5, 0.6) is 0 Å². The largest absolute Gasteiger partial charge is 0.465 e. The Bertz CT molecular complexity index is 1030. The van der Waals surface area contributed by atoms with E-state index in [9.17, 15) is 14.7 Å². The fraction of sp³-hybridized carbons (Fsp3) is 0.852. The van der Waals surface area contributed by atoms with Gasteiger partial charge >= 0.3 is 11.9 Å². The van der Waals surface area contributed by atoms with Crippen LogP contribution in [0.2, 0.25) is 0 Å². The molecule has 1 N–H and O–H groups in total. The molecule has 0 heterocycles. The summed E-state index contributed by atoms with van der Waals surface area (Å²) < 4.78 is 11.8. The highest BCUT2D eigenvalue weighted by Crippen LogP contribution is 2.22. The number of rotatable bonds is 46. The summed E-state index contributed by atoms with van der Waals surface area (Å²) in [4.78, 5) is 30.5. The second kappa shape index (κ2) is 43.1. The van der Waals surface area contributed by atoms with E-state index in [1.807, 2.05) is 6.07 Å². The van der Waals surface area contributed by atoms with Gasteiger partial charge in [0.1, 0.15) is 0 Å². The molecule has 356 valence electrons. The Morgan fingerprint density at radius 3 is 1.25 bits per heavy atom. The molecule has 0 aromatic heterocycles. The second-order valence-electron chi connectivity index (χ2n) is 18.4. The maximum Gasteiger partial charge on any atom is 0.305 e. The Labute approximate surface area is 378 Å². The van der Waals surface area contributed by atoms with Crippen molar-refractivity contribution in [2.45, 2.75) is 233 Å².